The molecule has 0 bridgehead atoms. The lowest BCUT2D eigenvalue weighted by Crippen LogP contribution is -2.33. The number of aromatic nitrogens is 2. The number of hydrogen-bond donors (Lipinski definition) is 2. The van der Waals surface area contributed by atoms with E-state index >= 15 is 0 Å². The molecule has 0 spiro atoms. The summed E-state index contributed by atoms with van der Waals surface area (Å²) >= 11 is 0. The van der Waals surface area contributed by atoms with E-state index in [2.05, 4.69) is 26.4 Å². The molecule has 5 rings (SSSR count). The van der Waals surface area contributed by atoms with Crippen LogP contribution in [0.15, 0.2) is 36.7 Å². The molecule has 3 heterocycles. The third-order valence-electron chi connectivity index (χ3n) is 5.69. The van der Waals surface area contributed by atoms with Crippen molar-refractivity contribution in [1.29, 1.82) is 0 Å². The number of halogens is 1. The Hall–Kier alpha value is -2.73. The highest BCUT2D eigenvalue weighted by molar-refractivity contribution is 6.01. The second-order valence-corrected chi connectivity index (χ2v) is 7.83. The lowest BCUT2D eigenvalue weighted by atomic mass is 9.99. The third-order valence-corrected chi connectivity index (χ3v) is 5.69. The zero-order valence-electron chi connectivity index (χ0n) is 15.7. The maximum absolute atomic E-state index is 13.3. The first kappa shape index (κ1) is 17.4. The van der Waals surface area contributed by atoms with Gasteiger partial charge in [0.05, 0.1) is 11.7 Å². The molecular weight excluding hydrogens is 355 g/mol. The van der Waals surface area contributed by atoms with Crippen molar-refractivity contribution < 1.29 is 9.18 Å². The molecule has 1 saturated carbocycles. The van der Waals surface area contributed by atoms with Gasteiger partial charge in [-0.2, -0.15) is 0 Å². The number of carbonyl (C=O) groups is 1. The van der Waals surface area contributed by atoms with Crippen LogP contribution >= 0.6 is 0 Å². The number of nitrogens with one attached hydrogen (secondary N) is 2. The Morgan fingerprint density at radius 2 is 2.07 bits per heavy atom. The van der Waals surface area contributed by atoms with Gasteiger partial charge in [-0.3, -0.25) is 4.79 Å². The monoisotopic (exact) mass is 378 g/mol. The van der Waals surface area contributed by atoms with Gasteiger partial charge in [0, 0.05) is 31.2 Å². The molecule has 6 heteroatoms. The molecule has 1 fully saturated rings. The van der Waals surface area contributed by atoms with E-state index in [-0.39, 0.29) is 11.7 Å². The Labute approximate surface area is 163 Å². The molecule has 0 atom stereocenters. The van der Waals surface area contributed by atoms with Crippen LogP contribution in [0.3, 0.4) is 0 Å². The van der Waals surface area contributed by atoms with Crippen molar-refractivity contribution in [2.24, 2.45) is 5.92 Å². The Kier molecular flexibility index (Phi) is 4.36. The molecule has 2 aromatic heterocycles. The largest absolute Gasteiger partial charge is 0.350 e. The van der Waals surface area contributed by atoms with E-state index in [1.165, 1.54) is 30.5 Å². The van der Waals surface area contributed by atoms with Crippen LogP contribution in [-0.2, 0) is 19.5 Å². The van der Waals surface area contributed by atoms with Crippen LogP contribution in [0.2, 0.25) is 0 Å². The van der Waals surface area contributed by atoms with Gasteiger partial charge in [0.25, 0.3) is 5.91 Å². The number of hydrogen-bond acceptors (Lipinski definition) is 3. The van der Waals surface area contributed by atoms with Crippen LogP contribution in [-0.4, -0.2) is 28.5 Å². The number of rotatable bonds is 6. The zero-order valence-corrected chi connectivity index (χ0v) is 15.7. The van der Waals surface area contributed by atoms with Crippen LogP contribution in [0.1, 0.15) is 40.0 Å². The summed E-state index contributed by atoms with van der Waals surface area (Å²) in [5.41, 5.74) is 4.85. The summed E-state index contributed by atoms with van der Waals surface area (Å²) in [6.07, 6.45) is 7.38. The zero-order chi connectivity index (χ0) is 19.1. The van der Waals surface area contributed by atoms with Crippen molar-refractivity contribution in [3.8, 4) is 0 Å². The predicted molar refractivity (Wildman–Crippen MR) is 106 cm³/mol. The molecule has 1 aliphatic heterocycles. The van der Waals surface area contributed by atoms with E-state index in [0.29, 0.717) is 18.8 Å². The summed E-state index contributed by atoms with van der Waals surface area (Å²) in [6.45, 7) is 3.11. The molecule has 3 aromatic rings. The molecule has 2 aliphatic rings. The van der Waals surface area contributed by atoms with Gasteiger partial charge < -0.3 is 15.2 Å². The Morgan fingerprint density at radius 3 is 2.86 bits per heavy atom. The van der Waals surface area contributed by atoms with Crippen molar-refractivity contribution in [2.75, 3.05) is 13.1 Å². The fourth-order valence-corrected chi connectivity index (χ4v) is 4.05. The molecular formula is C22H23FN4O. The molecule has 1 aromatic carbocycles. The summed E-state index contributed by atoms with van der Waals surface area (Å²) < 4.78 is 15.4. The molecule has 2 N–H and O–H groups in total. The minimum atomic E-state index is -0.229. The minimum absolute atomic E-state index is 0.0914. The topological polar surface area (TPSA) is 59.0 Å². The fraction of sp³-hybridized carbons (Fsp3) is 0.364. The van der Waals surface area contributed by atoms with E-state index in [9.17, 15) is 9.18 Å². The maximum atomic E-state index is 13.3. The van der Waals surface area contributed by atoms with Crippen molar-refractivity contribution in [2.45, 2.75) is 32.4 Å². The number of benzene rings is 1. The van der Waals surface area contributed by atoms with Crippen molar-refractivity contribution >= 4 is 16.8 Å². The average Bonchev–Trinajstić information content (AvgIpc) is 3.46. The van der Waals surface area contributed by atoms with Gasteiger partial charge in [0.2, 0.25) is 0 Å². The van der Waals surface area contributed by atoms with Crippen LogP contribution in [0.4, 0.5) is 4.39 Å². The highest BCUT2D eigenvalue weighted by atomic mass is 19.1. The Morgan fingerprint density at radius 1 is 1.25 bits per heavy atom. The van der Waals surface area contributed by atoms with Gasteiger partial charge in [0.1, 0.15) is 11.5 Å². The number of nitrogens with zero attached hydrogens (tertiary/aromatic N) is 2. The van der Waals surface area contributed by atoms with Crippen LogP contribution < -0.4 is 10.6 Å². The number of pyridine rings is 1. The van der Waals surface area contributed by atoms with E-state index < -0.39 is 0 Å². The molecule has 0 saturated heterocycles. The smallest absolute Gasteiger partial charge is 0.270 e. The highest BCUT2D eigenvalue weighted by Crippen LogP contribution is 2.30. The van der Waals surface area contributed by atoms with Gasteiger partial charge in [-0.05, 0) is 60.5 Å². The molecule has 0 radical (unpaired) electrons. The number of amides is 1. The average molecular weight is 378 g/mol. The SMILES string of the molecule is O=C1NCCc2c1ncc1c2c(CNCC2CC2)cn1Cc1ccc(F)cc1. The number of fused-ring (bicyclic) bond motifs is 3. The summed E-state index contributed by atoms with van der Waals surface area (Å²) in [5.74, 6) is 0.494. The second-order valence-electron chi connectivity index (χ2n) is 7.83. The third kappa shape index (κ3) is 3.29. The lowest BCUT2D eigenvalue weighted by Gasteiger charge is -2.17. The quantitative estimate of drug-likeness (QED) is 0.693. The fourth-order valence-electron chi connectivity index (χ4n) is 4.05. The standard InChI is InChI=1S/C22H23FN4O/c23-17-5-3-15(4-6-17)12-27-13-16(10-24-9-14-1-2-14)20-18-7-8-25-22(28)21(18)26-11-19(20)27/h3-6,11,13-14,24H,1-2,7-10,12H2,(H,25,28). The van der Waals surface area contributed by atoms with Crippen LogP contribution in [0.5, 0.6) is 0 Å². The molecule has 0 unspecified atom stereocenters. The molecule has 5 nitrogen and oxygen atoms in total. The van der Waals surface area contributed by atoms with Gasteiger partial charge in [-0.1, -0.05) is 12.1 Å². The summed E-state index contributed by atoms with van der Waals surface area (Å²) in [5, 5.41) is 7.60. The Bertz CT molecular complexity index is 1040. The molecule has 28 heavy (non-hydrogen) atoms. The predicted octanol–water partition coefficient (Wildman–Crippen LogP) is 3.01. The van der Waals surface area contributed by atoms with Crippen LogP contribution in [0, 0.1) is 11.7 Å². The van der Waals surface area contributed by atoms with E-state index in [1.54, 1.807) is 6.20 Å². The van der Waals surface area contributed by atoms with Gasteiger partial charge >= 0.3 is 0 Å². The van der Waals surface area contributed by atoms with Gasteiger partial charge in [0.15, 0.2) is 0 Å². The second kappa shape index (κ2) is 7.02. The molecule has 144 valence electrons. The first-order valence-electron chi connectivity index (χ1n) is 9.92. The van der Waals surface area contributed by atoms with Crippen LogP contribution in [0.25, 0.3) is 10.9 Å². The summed E-state index contributed by atoms with van der Waals surface area (Å²) in [6, 6.07) is 6.60. The summed E-state index contributed by atoms with van der Waals surface area (Å²) in [4.78, 5) is 16.7. The van der Waals surface area contributed by atoms with Crippen molar-refractivity contribution in [3.05, 3.63) is 64.9 Å². The summed E-state index contributed by atoms with van der Waals surface area (Å²) in [7, 11) is 0. The molecule has 1 aliphatic carbocycles. The number of carbonyl (C=O) groups excluding carboxylic acids is 1. The van der Waals surface area contributed by atoms with Crippen molar-refractivity contribution in [3.63, 3.8) is 0 Å². The highest BCUT2D eigenvalue weighted by Gasteiger charge is 2.24. The van der Waals surface area contributed by atoms with E-state index in [0.717, 1.165) is 47.5 Å². The Balaban J connectivity index is 1.55. The van der Waals surface area contributed by atoms with E-state index in [1.807, 2.05) is 12.1 Å². The van der Waals surface area contributed by atoms with Crippen molar-refractivity contribution in [1.82, 2.24) is 20.2 Å². The lowest BCUT2D eigenvalue weighted by molar-refractivity contribution is 0.0941. The molecule has 1 amide bonds. The first-order chi connectivity index (χ1) is 13.7. The normalized spacial score (nSPS) is 16.2. The minimum Gasteiger partial charge on any atom is -0.350 e. The first-order valence-corrected chi connectivity index (χ1v) is 9.92. The van der Waals surface area contributed by atoms with Gasteiger partial charge in [-0.25, -0.2) is 9.37 Å². The maximum Gasteiger partial charge on any atom is 0.270 e. The van der Waals surface area contributed by atoms with Gasteiger partial charge in [-0.15, -0.1) is 0 Å². The van der Waals surface area contributed by atoms with E-state index in [4.69, 9.17) is 0 Å².